The van der Waals surface area contributed by atoms with Gasteiger partial charge in [0.15, 0.2) is 0 Å². The largest absolute Gasteiger partial charge is 0.355 e. The Balaban J connectivity index is 1.88. The van der Waals surface area contributed by atoms with Crippen molar-refractivity contribution in [3.8, 4) is 0 Å². The molecular weight excluding hydrogens is 361 g/mol. The van der Waals surface area contributed by atoms with Crippen molar-refractivity contribution in [3.05, 3.63) is 33.8 Å². The lowest BCUT2D eigenvalue weighted by molar-refractivity contribution is -0.149. The first kappa shape index (κ1) is 20.0. The summed E-state index contributed by atoms with van der Waals surface area (Å²) < 4.78 is 0. The molecule has 138 valence electrons. The monoisotopic (exact) mass is 385 g/mol. The Bertz CT molecular complexity index is 641. The van der Waals surface area contributed by atoms with E-state index in [-0.39, 0.29) is 11.8 Å². The van der Waals surface area contributed by atoms with Gasteiger partial charge in [0.2, 0.25) is 11.8 Å². The van der Waals surface area contributed by atoms with E-state index in [4.69, 9.17) is 23.2 Å². The molecule has 0 radical (unpaired) electrons. The van der Waals surface area contributed by atoms with E-state index in [2.05, 4.69) is 10.2 Å². The van der Waals surface area contributed by atoms with Gasteiger partial charge in [-0.2, -0.15) is 0 Å². The molecule has 7 heteroatoms. The van der Waals surface area contributed by atoms with Crippen molar-refractivity contribution >= 4 is 35.0 Å². The third-order valence-electron chi connectivity index (χ3n) is 4.59. The summed E-state index contributed by atoms with van der Waals surface area (Å²) in [7, 11) is 2.03. The van der Waals surface area contributed by atoms with Crippen molar-refractivity contribution in [2.24, 2.45) is 5.41 Å². The van der Waals surface area contributed by atoms with E-state index in [1.165, 1.54) is 0 Å². The summed E-state index contributed by atoms with van der Waals surface area (Å²) in [4.78, 5) is 29.2. The van der Waals surface area contributed by atoms with E-state index in [0.717, 1.165) is 18.7 Å². The smallest absolute Gasteiger partial charge is 0.237 e. The normalized spacial score (nSPS) is 16.0. The molecular formula is C18H25Cl2N3O2. The molecule has 5 nitrogen and oxygen atoms in total. The lowest BCUT2D eigenvalue weighted by Crippen LogP contribution is -2.55. The Morgan fingerprint density at radius 1 is 1.16 bits per heavy atom. The number of hydrogen-bond donors (Lipinski definition) is 1. The van der Waals surface area contributed by atoms with Gasteiger partial charge in [-0.05, 0) is 45.0 Å². The summed E-state index contributed by atoms with van der Waals surface area (Å²) in [5, 5.41) is 4.01. The number of benzene rings is 1. The first-order valence-electron chi connectivity index (χ1n) is 8.42. The van der Waals surface area contributed by atoms with Crippen LogP contribution in [0.4, 0.5) is 0 Å². The van der Waals surface area contributed by atoms with E-state index < -0.39 is 5.41 Å². The zero-order valence-corrected chi connectivity index (χ0v) is 16.5. The van der Waals surface area contributed by atoms with E-state index >= 15 is 0 Å². The Morgan fingerprint density at radius 3 is 2.40 bits per heavy atom. The van der Waals surface area contributed by atoms with Gasteiger partial charge in [0, 0.05) is 42.8 Å². The minimum Gasteiger partial charge on any atom is -0.355 e. The maximum Gasteiger partial charge on any atom is 0.237 e. The van der Waals surface area contributed by atoms with Crippen LogP contribution in [0.25, 0.3) is 0 Å². The number of piperazine rings is 1. The van der Waals surface area contributed by atoms with Gasteiger partial charge in [0.25, 0.3) is 0 Å². The Kier molecular flexibility index (Phi) is 6.72. The maximum absolute atomic E-state index is 12.7. The number of nitrogens with one attached hydrogen (secondary N) is 1. The zero-order valence-electron chi connectivity index (χ0n) is 14.9. The molecule has 1 aromatic carbocycles. The van der Waals surface area contributed by atoms with Crippen molar-refractivity contribution in [1.82, 2.24) is 15.1 Å². The molecule has 2 rings (SSSR count). The quantitative estimate of drug-likeness (QED) is 0.791. The van der Waals surface area contributed by atoms with Crippen molar-refractivity contribution in [1.29, 1.82) is 0 Å². The molecule has 1 aromatic rings. The fourth-order valence-corrected chi connectivity index (χ4v) is 3.26. The molecule has 1 fully saturated rings. The van der Waals surface area contributed by atoms with Gasteiger partial charge in [-0.3, -0.25) is 9.59 Å². The summed E-state index contributed by atoms with van der Waals surface area (Å²) in [6, 6.07) is 5.30. The van der Waals surface area contributed by atoms with Crippen LogP contribution in [0.15, 0.2) is 18.2 Å². The van der Waals surface area contributed by atoms with Crippen molar-refractivity contribution in [2.75, 3.05) is 39.8 Å². The van der Waals surface area contributed by atoms with Crippen LogP contribution in [0.5, 0.6) is 0 Å². The summed E-state index contributed by atoms with van der Waals surface area (Å²) >= 11 is 12.0. The molecule has 2 amide bonds. The zero-order chi connectivity index (χ0) is 18.6. The third-order valence-corrected chi connectivity index (χ3v) is 5.17. The highest BCUT2D eigenvalue weighted by atomic mass is 35.5. The number of rotatable bonds is 5. The first-order valence-corrected chi connectivity index (χ1v) is 9.17. The molecule has 0 saturated carbocycles. The van der Waals surface area contributed by atoms with Crippen LogP contribution in [0.1, 0.15) is 19.4 Å². The Hall–Kier alpha value is -1.30. The predicted molar refractivity (Wildman–Crippen MR) is 101 cm³/mol. The fourth-order valence-electron chi connectivity index (χ4n) is 2.76. The van der Waals surface area contributed by atoms with E-state index in [9.17, 15) is 9.59 Å². The molecule has 0 spiro atoms. The first-order chi connectivity index (χ1) is 11.7. The second kappa shape index (κ2) is 8.39. The van der Waals surface area contributed by atoms with E-state index in [1.807, 2.05) is 13.1 Å². The van der Waals surface area contributed by atoms with Gasteiger partial charge in [-0.1, -0.05) is 29.3 Å². The second-order valence-electron chi connectivity index (χ2n) is 6.96. The van der Waals surface area contributed by atoms with Crippen LogP contribution in [0.2, 0.25) is 10.0 Å². The highest BCUT2D eigenvalue weighted by Gasteiger charge is 2.39. The minimum absolute atomic E-state index is 0.123. The average Bonchev–Trinajstić information content (AvgIpc) is 2.56. The summed E-state index contributed by atoms with van der Waals surface area (Å²) in [5.74, 6) is -0.385. The molecule has 1 heterocycles. The lowest BCUT2D eigenvalue weighted by atomic mass is 9.90. The number of amides is 2. The highest BCUT2D eigenvalue weighted by molar-refractivity contribution is 6.35. The Labute approximate surface area is 159 Å². The molecule has 0 atom stereocenters. The van der Waals surface area contributed by atoms with E-state index in [0.29, 0.717) is 36.1 Å². The van der Waals surface area contributed by atoms with Gasteiger partial charge < -0.3 is 15.1 Å². The number of nitrogens with zero attached hydrogens (tertiary/aromatic N) is 2. The number of hydrogen-bond acceptors (Lipinski definition) is 3. The van der Waals surface area contributed by atoms with Crippen LogP contribution < -0.4 is 5.32 Å². The van der Waals surface area contributed by atoms with Gasteiger partial charge in [0.05, 0.1) is 0 Å². The molecule has 0 unspecified atom stereocenters. The summed E-state index contributed by atoms with van der Waals surface area (Å²) in [6.07, 6.45) is 0.584. The van der Waals surface area contributed by atoms with Crippen LogP contribution in [-0.4, -0.2) is 61.4 Å². The van der Waals surface area contributed by atoms with Crippen molar-refractivity contribution < 1.29 is 9.59 Å². The van der Waals surface area contributed by atoms with Crippen LogP contribution in [0, 0.1) is 5.41 Å². The van der Waals surface area contributed by atoms with Gasteiger partial charge >= 0.3 is 0 Å². The predicted octanol–water partition coefficient (Wildman–Crippen LogP) is 2.45. The molecule has 1 saturated heterocycles. The van der Waals surface area contributed by atoms with Crippen LogP contribution in [-0.2, 0) is 16.0 Å². The van der Waals surface area contributed by atoms with Crippen molar-refractivity contribution in [3.63, 3.8) is 0 Å². The Morgan fingerprint density at radius 2 is 1.80 bits per heavy atom. The van der Waals surface area contributed by atoms with Crippen LogP contribution >= 0.6 is 23.2 Å². The number of carbonyl (C=O) groups is 2. The van der Waals surface area contributed by atoms with Crippen molar-refractivity contribution in [2.45, 2.75) is 20.3 Å². The topological polar surface area (TPSA) is 52.7 Å². The fraction of sp³-hybridized carbons (Fsp3) is 0.556. The molecule has 1 N–H and O–H groups in total. The van der Waals surface area contributed by atoms with Crippen LogP contribution in [0.3, 0.4) is 0 Å². The van der Waals surface area contributed by atoms with E-state index in [1.54, 1.807) is 30.9 Å². The van der Waals surface area contributed by atoms with Gasteiger partial charge in [-0.25, -0.2) is 0 Å². The standard InChI is InChI=1S/C18H25Cl2N3O2/c1-18(2,17(25)23-10-8-22(3)9-11-23)16(24)21-7-6-13-4-5-14(19)12-15(13)20/h4-5,12H,6-11H2,1-3H3,(H,21,24). The average molecular weight is 386 g/mol. The van der Waals surface area contributed by atoms with Gasteiger partial charge in [0.1, 0.15) is 5.41 Å². The number of carbonyl (C=O) groups excluding carboxylic acids is 2. The molecule has 0 bridgehead atoms. The molecule has 1 aliphatic rings. The number of halogens is 2. The summed E-state index contributed by atoms with van der Waals surface area (Å²) in [6.45, 7) is 6.76. The molecule has 0 aliphatic carbocycles. The van der Waals surface area contributed by atoms with Gasteiger partial charge in [-0.15, -0.1) is 0 Å². The third kappa shape index (κ3) is 5.09. The SMILES string of the molecule is CN1CCN(C(=O)C(C)(C)C(=O)NCCc2ccc(Cl)cc2Cl)CC1. The second-order valence-corrected chi connectivity index (χ2v) is 7.81. The molecule has 1 aliphatic heterocycles. The minimum atomic E-state index is -1.08. The highest BCUT2D eigenvalue weighted by Crippen LogP contribution is 2.22. The maximum atomic E-state index is 12.7. The molecule has 25 heavy (non-hydrogen) atoms. The number of likely N-dealkylation sites (N-methyl/N-ethyl adjacent to an activating group) is 1. The lowest BCUT2D eigenvalue weighted by Gasteiger charge is -2.36. The molecule has 0 aromatic heterocycles. The summed E-state index contributed by atoms with van der Waals surface area (Å²) in [5.41, 5.74) is -0.172.